The van der Waals surface area contributed by atoms with Crippen molar-refractivity contribution in [3.05, 3.63) is 20.3 Å². The van der Waals surface area contributed by atoms with E-state index in [0.29, 0.717) is 6.04 Å². The van der Waals surface area contributed by atoms with E-state index in [4.69, 9.17) is 0 Å². The molecular weight excluding hydrogens is 284 g/mol. The monoisotopic (exact) mass is 302 g/mol. The van der Waals surface area contributed by atoms with Crippen LogP contribution in [0.15, 0.2) is 9.85 Å². The Kier molecular flexibility index (Phi) is 4.41. The van der Waals surface area contributed by atoms with Crippen LogP contribution in [0.2, 0.25) is 0 Å². The lowest BCUT2D eigenvalue weighted by Crippen LogP contribution is -2.44. The third-order valence-corrected chi connectivity index (χ3v) is 5.42. The molecule has 1 aliphatic heterocycles. The van der Waals surface area contributed by atoms with Gasteiger partial charge in [0.2, 0.25) is 0 Å². The lowest BCUT2D eigenvalue weighted by molar-refractivity contribution is 0.172. The predicted octanol–water partition coefficient (Wildman–Crippen LogP) is 3.18. The lowest BCUT2D eigenvalue weighted by Gasteiger charge is -2.33. The second kappa shape index (κ2) is 5.63. The molecule has 0 spiro atoms. The SMILES string of the molecule is CC[C@@H](c1cc(C)c(Br)s1)N1CCNCC1. The topological polar surface area (TPSA) is 15.3 Å². The van der Waals surface area contributed by atoms with Crippen LogP contribution < -0.4 is 5.32 Å². The molecular formula is C12H19BrN2S. The minimum Gasteiger partial charge on any atom is -0.314 e. The average Bonchev–Trinajstić information content (AvgIpc) is 2.61. The Hall–Kier alpha value is 0.1000. The van der Waals surface area contributed by atoms with Gasteiger partial charge in [-0.2, -0.15) is 0 Å². The highest BCUT2D eigenvalue weighted by atomic mass is 79.9. The van der Waals surface area contributed by atoms with Crippen molar-refractivity contribution in [2.75, 3.05) is 26.2 Å². The predicted molar refractivity (Wildman–Crippen MR) is 74.2 cm³/mol. The van der Waals surface area contributed by atoms with Crippen LogP contribution in [0.4, 0.5) is 0 Å². The molecule has 0 unspecified atom stereocenters. The Balaban J connectivity index is 2.14. The second-order valence-corrected chi connectivity index (χ2v) is 6.72. The first-order valence-electron chi connectivity index (χ1n) is 5.93. The number of piperazine rings is 1. The van der Waals surface area contributed by atoms with Crippen molar-refractivity contribution in [3.8, 4) is 0 Å². The van der Waals surface area contributed by atoms with Crippen LogP contribution in [-0.2, 0) is 0 Å². The Morgan fingerprint density at radius 3 is 2.69 bits per heavy atom. The van der Waals surface area contributed by atoms with Gasteiger partial charge in [0, 0.05) is 37.1 Å². The first-order chi connectivity index (χ1) is 7.72. The molecule has 0 aliphatic carbocycles. The summed E-state index contributed by atoms with van der Waals surface area (Å²) >= 11 is 5.52. The largest absolute Gasteiger partial charge is 0.314 e. The highest BCUT2D eigenvalue weighted by molar-refractivity contribution is 9.11. The smallest absolute Gasteiger partial charge is 0.0731 e. The first-order valence-corrected chi connectivity index (χ1v) is 7.54. The van der Waals surface area contributed by atoms with Crippen molar-refractivity contribution in [1.82, 2.24) is 10.2 Å². The molecule has 0 bridgehead atoms. The van der Waals surface area contributed by atoms with E-state index in [1.165, 1.54) is 33.7 Å². The molecule has 1 atom stereocenters. The lowest BCUT2D eigenvalue weighted by atomic mass is 10.1. The van der Waals surface area contributed by atoms with Crippen molar-refractivity contribution in [2.45, 2.75) is 26.3 Å². The average molecular weight is 303 g/mol. The molecule has 1 aliphatic rings. The Labute approximate surface area is 110 Å². The van der Waals surface area contributed by atoms with Crippen molar-refractivity contribution < 1.29 is 0 Å². The van der Waals surface area contributed by atoms with Crippen LogP contribution >= 0.6 is 27.3 Å². The molecule has 1 aromatic rings. The highest BCUT2D eigenvalue weighted by Gasteiger charge is 2.22. The number of halogens is 1. The van der Waals surface area contributed by atoms with Gasteiger partial charge in [-0.15, -0.1) is 11.3 Å². The summed E-state index contributed by atoms with van der Waals surface area (Å²) < 4.78 is 1.29. The summed E-state index contributed by atoms with van der Waals surface area (Å²) in [5, 5.41) is 3.41. The standard InChI is InChI=1S/C12H19BrN2S/c1-3-10(15-6-4-14-5-7-15)11-8-9(2)12(13)16-11/h8,10,14H,3-7H2,1-2H3/t10-/m0/s1. The van der Waals surface area contributed by atoms with E-state index in [1.807, 2.05) is 11.3 Å². The van der Waals surface area contributed by atoms with Crippen molar-refractivity contribution in [1.29, 1.82) is 0 Å². The van der Waals surface area contributed by atoms with Crippen LogP contribution in [0, 0.1) is 6.92 Å². The third-order valence-electron chi connectivity index (χ3n) is 3.18. The normalized spacial score (nSPS) is 19.9. The van der Waals surface area contributed by atoms with E-state index in [9.17, 15) is 0 Å². The first kappa shape index (κ1) is 12.6. The molecule has 1 fully saturated rings. The summed E-state index contributed by atoms with van der Waals surface area (Å²) in [4.78, 5) is 4.11. The van der Waals surface area contributed by atoms with Crippen LogP contribution in [0.5, 0.6) is 0 Å². The van der Waals surface area contributed by atoms with E-state index in [2.05, 4.69) is 46.1 Å². The maximum atomic E-state index is 3.63. The minimum atomic E-state index is 0.608. The van der Waals surface area contributed by atoms with E-state index in [-0.39, 0.29) is 0 Å². The zero-order chi connectivity index (χ0) is 11.5. The summed E-state index contributed by atoms with van der Waals surface area (Å²) in [6, 6.07) is 2.95. The fraction of sp³-hybridized carbons (Fsp3) is 0.667. The molecule has 2 heterocycles. The molecule has 4 heteroatoms. The molecule has 0 aromatic carbocycles. The van der Waals surface area contributed by atoms with Gasteiger partial charge in [0.25, 0.3) is 0 Å². The minimum absolute atomic E-state index is 0.608. The Morgan fingerprint density at radius 1 is 1.50 bits per heavy atom. The second-order valence-electron chi connectivity index (χ2n) is 4.32. The quantitative estimate of drug-likeness (QED) is 0.922. The van der Waals surface area contributed by atoms with Gasteiger partial charge in [-0.05, 0) is 40.9 Å². The molecule has 2 rings (SSSR count). The summed E-state index contributed by atoms with van der Waals surface area (Å²) in [7, 11) is 0. The van der Waals surface area contributed by atoms with Gasteiger partial charge in [-0.3, -0.25) is 4.90 Å². The third kappa shape index (κ3) is 2.67. The maximum Gasteiger partial charge on any atom is 0.0731 e. The number of aryl methyl sites for hydroxylation is 1. The summed E-state index contributed by atoms with van der Waals surface area (Å²) in [5.41, 5.74) is 1.37. The molecule has 0 amide bonds. The van der Waals surface area contributed by atoms with Crippen LogP contribution in [0.1, 0.15) is 29.8 Å². The fourth-order valence-electron chi connectivity index (χ4n) is 2.28. The molecule has 90 valence electrons. The maximum absolute atomic E-state index is 3.63. The van der Waals surface area contributed by atoms with E-state index < -0.39 is 0 Å². The van der Waals surface area contributed by atoms with Crippen molar-refractivity contribution >= 4 is 27.3 Å². The molecule has 1 N–H and O–H groups in total. The van der Waals surface area contributed by atoms with E-state index in [0.717, 1.165) is 13.1 Å². The molecule has 0 radical (unpaired) electrons. The van der Waals surface area contributed by atoms with Crippen molar-refractivity contribution in [2.24, 2.45) is 0 Å². The van der Waals surface area contributed by atoms with Gasteiger partial charge in [-0.25, -0.2) is 0 Å². The van der Waals surface area contributed by atoms with Gasteiger partial charge in [0.05, 0.1) is 3.79 Å². The van der Waals surface area contributed by atoms with Crippen molar-refractivity contribution in [3.63, 3.8) is 0 Å². The van der Waals surface area contributed by atoms with Gasteiger partial charge in [-0.1, -0.05) is 6.92 Å². The molecule has 2 nitrogen and oxygen atoms in total. The number of nitrogens with one attached hydrogen (secondary N) is 1. The number of hydrogen-bond donors (Lipinski definition) is 1. The van der Waals surface area contributed by atoms with E-state index >= 15 is 0 Å². The van der Waals surface area contributed by atoms with Gasteiger partial charge in [0.1, 0.15) is 0 Å². The summed E-state index contributed by atoms with van der Waals surface area (Å²) in [6.07, 6.45) is 1.20. The van der Waals surface area contributed by atoms with Gasteiger partial charge >= 0.3 is 0 Å². The van der Waals surface area contributed by atoms with Crippen LogP contribution in [0.3, 0.4) is 0 Å². The number of rotatable bonds is 3. The number of thiophene rings is 1. The van der Waals surface area contributed by atoms with Crippen LogP contribution in [-0.4, -0.2) is 31.1 Å². The molecule has 1 aromatic heterocycles. The van der Waals surface area contributed by atoms with Gasteiger partial charge in [0.15, 0.2) is 0 Å². The Bertz CT molecular complexity index is 325. The van der Waals surface area contributed by atoms with Crippen LogP contribution in [0.25, 0.3) is 0 Å². The molecule has 1 saturated heterocycles. The number of hydrogen-bond acceptors (Lipinski definition) is 3. The Morgan fingerprint density at radius 2 is 2.19 bits per heavy atom. The number of nitrogens with zero attached hydrogens (tertiary/aromatic N) is 1. The summed E-state index contributed by atoms with van der Waals surface area (Å²) in [5.74, 6) is 0. The zero-order valence-corrected chi connectivity index (χ0v) is 12.3. The highest BCUT2D eigenvalue weighted by Crippen LogP contribution is 2.35. The van der Waals surface area contributed by atoms with E-state index in [1.54, 1.807) is 0 Å². The molecule has 16 heavy (non-hydrogen) atoms. The van der Waals surface area contributed by atoms with Gasteiger partial charge < -0.3 is 5.32 Å². The fourth-order valence-corrected chi connectivity index (χ4v) is 4.07. The zero-order valence-electron chi connectivity index (χ0n) is 9.92. The summed E-state index contributed by atoms with van der Waals surface area (Å²) in [6.45, 7) is 9.06. The molecule has 0 saturated carbocycles.